The Balaban J connectivity index is 2.65. The maximum absolute atomic E-state index is 11.8. The number of nitrogens with two attached hydrogens (primary N) is 1. The predicted octanol–water partition coefficient (Wildman–Crippen LogP) is 0.945. The molecule has 0 aliphatic carbocycles. The molecule has 1 heterocycles. The third-order valence-electron chi connectivity index (χ3n) is 2.95. The Hall–Kier alpha value is -1.62. The SMILES string of the molecule is CCC(O)(CC)CNC(=O)c1ncccc1N. The highest BCUT2D eigenvalue weighted by Crippen LogP contribution is 2.13. The number of anilines is 1. The van der Waals surface area contributed by atoms with E-state index in [0.29, 0.717) is 18.5 Å². The lowest BCUT2D eigenvalue weighted by atomic mass is 9.97. The number of rotatable bonds is 5. The normalized spacial score (nSPS) is 11.2. The summed E-state index contributed by atoms with van der Waals surface area (Å²) in [5.74, 6) is -0.358. The number of hydrogen-bond donors (Lipinski definition) is 3. The molecule has 5 heteroatoms. The summed E-state index contributed by atoms with van der Waals surface area (Å²) in [6, 6.07) is 3.29. The molecule has 94 valence electrons. The molecule has 17 heavy (non-hydrogen) atoms. The lowest BCUT2D eigenvalue weighted by Gasteiger charge is -2.25. The van der Waals surface area contributed by atoms with Gasteiger partial charge in [-0.2, -0.15) is 0 Å². The Kier molecular flexibility index (Phi) is 4.45. The maximum Gasteiger partial charge on any atom is 0.272 e. The minimum absolute atomic E-state index is 0.196. The second-order valence-corrected chi connectivity index (χ2v) is 4.06. The monoisotopic (exact) mass is 237 g/mol. The average Bonchev–Trinajstić information content (AvgIpc) is 2.36. The third kappa shape index (κ3) is 3.42. The Morgan fingerprint density at radius 2 is 2.18 bits per heavy atom. The minimum atomic E-state index is -0.862. The molecule has 1 amide bonds. The Morgan fingerprint density at radius 1 is 1.53 bits per heavy atom. The van der Waals surface area contributed by atoms with E-state index in [2.05, 4.69) is 10.3 Å². The van der Waals surface area contributed by atoms with Gasteiger partial charge in [-0.25, -0.2) is 4.98 Å². The summed E-state index contributed by atoms with van der Waals surface area (Å²) in [6.45, 7) is 3.96. The molecule has 0 radical (unpaired) electrons. The molecule has 1 rings (SSSR count). The molecule has 4 N–H and O–H groups in total. The van der Waals surface area contributed by atoms with Crippen LogP contribution in [0.4, 0.5) is 5.69 Å². The highest BCUT2D eigenvalue weighted by atomic mass is 16.3. The first kappa shape index (κ1) is 13.4. The van der Waals surface area contributed by atoms with Crippen LogP contribution in [0.3, 0.4) is 0 Å². The number of nitrogens with one attached hydrogen (secondary N) is 1. The molecule has 0 spiro atoms. The molecule has 0 aliphatic heterocycles. The number of hydrogen-bond acceptors (Lipinski definition) is 4. The van der Waals surface area contributed by atoms with E-state index in [1.54, 1.807) is 12.1 Å². The molecule has 0 saturated heterocycles. The van der Waals surface area contributed by atoms with Gasteiger partial charge in [-0.1, -0.05) is 13.8 Å². The van der Waals surface area contributed by atoms with Gasteiger partial charge in [0.15, 0.2) is 5.69 Å². The second-order valence-electron chi connectivity index (χ2n) is 4.06. The summed E-state index contributed by atoms with van der Waals surface area (Å²) in [4.78, 5) is 15.7. The number of nitrogens with zero attached hydrogens (tertiary/aromatic N) is 1. The van der Waals surface area contributed by atoms with Gasteiger partial charge in [-0.15, -0.1) is 0 Å². The Bertz CT molecular complexity index is 389. The first-order valence-electron chi connectivity index (χ1n) is 5.73. The highest BCUT2D eigenvalue weighted by molar-refractivity contribution is 5.97. The number of nitrogen functional groups attached to an aromatic ring is 1. The molecular formula is C12H19N3O2. The quantitative estimate of drug-likeness (QED) is 0.711. The number of aromatic nitrogens is 1. The lowest BCUT2D eigenvalue weighted by molar-refractivity contribution is 0.0313. The fourth-order valence-corrected chi connectivity index (χ4v) is 1.44. The third-order valence-corrected chi connectivity index (χ3v) is 2.95. The fourth-order valence-electron chi connectivity index (χ4n) is 1.44. The summed E-state index contributed by atoms with van der Waals surface area (Å²) in [5, 5.41) is 12.7. The van der Waals surface area contributed by atoms with Crippen molar-refractivity contribution in [1.82, 2.24) is 10.3 Å². The zero-order valence-electron chi connectivity index (χ0n) is 10.2. The van der Waals surface area contributed by atoms with Gasteiger partial charge in [-0.3, -0.25) is 4.79 Å². The lowest BCUT2D eigenvalue weighted by Crippen LogP contribution is -2.42. The van der Waals surface area contributed by atoms with Gasteiger partial charge in [0.05, 0.1) is 11.3 Å². The molecule has 0 aliphatic rings. The van der Waals surface area contributed by atoms with Crippen LogP contribution in [0.1, 0.15) is 37.2 Å². The van der Waals surface area contributed by atoms with Crippen LogP contribution < -0.4 is 11.1 Å². The summed E-state index contributed by atoms with van der Waals surface area (Å²) in [5.41, 5.74) is 5.31. The van der Waals surface area contributed by atoms with Crippen LogP contribution in [0.2, 0.25) is 0 Å². The smallest absolute Gasteiger partial charge is 0.272 e. The Morgan fingerprint density at radius 3 is 2.71 bits per heavy atom. The first-order valence-corrected chi connectivity index (χ1v) is 5.73. The van der Waals surface area contributed by atoms with E-state index in [1.807, 2.05) is 13.8 Å². The fraction of sp³-hybridized carbons (Fsp3) is 0.500. The van der Waals surface area contributed by atoms with Gasteiger partial charge in [-0.05, 0) is 25.0 Å². The van der Waals surface area contributed by atoms with Crippen molar-refractivity contribution in [3.63, 3.8) is 0 Å². The van der Waals surface area contributed by atoms with Crippen molar-refractivity contribution in [2.75, 3.05) is 12.3 Å². The molecule has 0 saturated carbocycles. The van der Waals surface area contributed by atoms with Crippen molar-refractivity contribution >= 4 is 11.6 Å². The largest absolute Gasteiger partial charge is 0.397 e. The average molecular weight is 237 g/mol. The van der Waals surface area contributed by atoms with Gasteiger partial charge in [0, 0.05) is 12.7 Å². The van der Waals surface area contributed by atoms with Crippen LogP contribution >= 0.6 is 0 Å². The van der Waals surface area contributed by atoms with Crippen molar-refractivity contribution < 1.29 is 9.90 Å². The molecule has 0 bridgehead atoms. The number of carbonyl (C=O) groups excluding carboxylic acids is 1. The van der Waals surface area contributed by atoms with E-state index in [4.69, 9.17) is 5.73 Å². The van der Waals surface area contributed by atoms with Gasteiger partial charge in [0.1, 0.15) is 0 Å². The molecule has 0 unspecified atom stereocenters. The molecule has 1 aromatic heterocycles. The van der Waals surface area contributed by atoms with Crippen molar-refractivity contribution in [2.45, 2.75) is 32.3 Å². The van der Waals surface area contributed by atoms with E-state index in [1.165, 1.54) is 6.20 Å². The molecular weight excluding hydrogens is 218 g/mol. The van der Waals surface area contributed by atoms with Crippen molar-refractivity contribution in [1.29, 1.82) is 0 Å². The van der Waals surface area contributed by atoms with Gasteiger partial charge >= 0.3 is 0 Å². The standard InChI is InChI=1S/C12H19N3O2/c1-3-12(17,4-2)8-15-11(16)10-9(13)6-5-7-14-10/h5-7,17H,3-4,8,13H2,1-2H3,(H,15,16). The van der Waals surface area contributed by atoms with Crippen molar-refractivity contribution in [3.05, 3.63) is 24.0 Å². The molecule has 1 aromatic rings. The zero-order chi connectivity index (χ0) is 12.9. The van der Waals surface area contributed by atoms with Crippen LogP contribution in [-0.2, 0) is 0 Å². The number of amides is 1. The van der Waals surface area contributed by atoms with Gasteiger partial charge in [0.2, 0.25) is 0 Å². The molecule has 0 atom stereocenters. The van der Waals surface area contributed by atoms with Crippen LogP contribution in [0, 0.1) is 0 Å². The zero-order valence-corrected chi connectivity index (χ0v) is 10.2. The van der Waals surface area contributed by atoms with Crippen molar-refractivity contribution in [2.24, 2.45) is 0 Å². The second kappa shape index (κ2) is 5.63. The number of aliphatic hydroxyl groups is 1. The summed E-state index contributed by atoms with van der Waals surface area (Å²) in [6.07, 6.45) is 2.68. The topological polar surface area (TPSA) is 88.2 Å². The number of carbonyl (C=O) groups is 1. The van der Waals surface area contributed by atoms with E-state index >= 15 is 0 Å². The van der Waals surface area contributed by atoms with E-state index < -0.39 is 5.60 Å². The molecule has 5 nitrogen and oxygen atoms in total. The van der Waals surface area contributed by atoms with Crippen LogP contribution in [-0.4, -0.2) is 28.1 Å². The first-order chi connectivity index (χ1) is 8.02. The van der Waals surface area contributed by atoms with Crippen LogP contribution in [0.15, 0.2) is 18.3 Å². The molecule has 0 aromatic carbocycles. The van der Waals surface area contributed by atoms with Crippen LogP contribution in [0.25, 0.3) is 0 Å². The summed E-state index contributed by atoms with van der Waals surface area (Å²) >= 11 is 0. The maximum atomic E-state index is 11.8. The Labute approximate surface area is 101 Å². The van der Waals surface area contributed by atoms with E-state index in [9.17, 15) is 9.90 Å². The predicted molar refractivity (Wildman–Crippen MR) is 66.5 cm³/mol. The summed E-state index contributed by atoms with van der Waals surface area (Å²) < 4.78 is 0. The minimum Gasteiger partial charge on any atom is -0.397 e. The van der Waals surface area contributed by atoms with Crippen LogP contribution in [0.5, 0.6) is 0 Å². The van der Waals surface area contributed by atoms with Crippen molar-refractivity contribution in [3.8, 4) is 0 Å². The molecule has 0 fully saturated rings. The van der Waals surface area contributed by atoms with E-state index in [-0.39, 0.29) is 18.1 Å². The highest BCUT2D eigenvalue weighted by Gasteiger charge is 2.23. The summed E-state index contributed by atoms with van der Waals surface area (Å²) in [7, 11) is 0. The van der Waals surface area contributed by atoms with Gasteiger partial charge < -0.3 is 16.2 Å². The van der Waals surface area contributed by atoms with Gasteiger partial charge in [0.25, 0.3) is 5.91 Å². The number of pyridine rings is 1. The van der Waals surface area contributed by atoms with E-state index in [0.717, 1.165) is 0 Å².